The number of carbonyl (C=O) groups excluding carboxylic acids is 1. The van der Waals surface area contributed by atoms with Crippen LogP contribution in [-0.2, 0) is 9.53 Å². The van der Waals surface area contributed by atoms with Gasteiger partial charge in [-0.1, -0.05) is 23.2 Å². The zero-order valence-electron chi connectivity index (χ0n) is 11.8. The fourth-order valence-corrected chi connectivity index (χ4v) is 3.80. The minimum atomic E-state index is -0.754. The number of hydrogen-bond donors (Lipinski definition) is 2. The molecule has 1 amide bonds. The van der Waals surface area contributed by atoms with Gasteiger partial charge in [0.05, 0.1) is 29.3 Å². The van der Waals surface area contributed by atoms with Gasteiger partial charge in [-0.2, -0.15) is 0 Å². The summed E-state index contributed by atoms with van der Waals surface area (Å²) >= 11 is 12.3. The quantitative estimate of drug-likeness (QED) is 0.861. The van der Waals surface area contributed by atoms with E-state index in [1.54, 1.807) is 17.0 Å². The lowest BCUT2D eigenvalue weighted by atomic mass is 9.84. The summed E-state index contributed by atoms with van der Waals surface area (Å²) in [6.07, 6.45) is 0.585. The third kappa shape index (κ3) is 2.67. The molecule has 3 rings (SSSR count). The third-order valence-electron chi connectivity index (χ3n) is 4.45. The van der Waals surface area contributed by atoms with Crippen molar-refractivity contribution in [3.63, 3.8) is 0 Å². The Morgan fingerprint density at radius 2 is 2.14 bits per heavy atom. The topological polar surface area (TPSA) is 70.0 Å². The molecular formula is C15H17Cl2NO4. The van der Waals surface area contributed by atoms with E-state index in [2.05, 4.69) is 0 Å². The number of benzene rings is 1. The van der Waals surface area contributed by atoms with Crippen molar-refractivity contribution >= 4 is 29.1 Å². The highest BCUT2D eigenvalue weighted by molar-refractivity contribution is 6.42. The van der Waals surface area contributed by atoms with Gasteiger partial charge in [0.1, 0.15) is 5.75 Å². The first kappa shape index (κ1) is 15.9. The minimum Gasteiger partial charge on any atom is -0.508 e. The van der Waals surface area contributed by atoms with Gasteiger partial charge in [-0.15, -0.1) is 0 Å². The predicted octanol–water partition coefficient (Wildman–Crippen LogP) is 2.16. The molecule has 0 bridgehead atoms. The summed E-state index contributed by atoms with van der Waals surface area (Å²) in [4.78, 5) is 13.9. The number of nitrogens with zero attached hydrogens (tertiary/aromatic N) is 1. The highest BCUT2D eigenvalue weighted by atomic mass is 35.5. The van der Waals surface area contributed by atoms with Gasteiger partial charge < -0.3 is 19.8 Å². The number of ether oxygens (including phenoxy) is 1. The van der Waals surface area contributed by atoms with E-state index in [1.165, 1.54) is 0 Å². The first-order valence-corrected chi connectivity index (χ1v) is 7.98. The van der Waals surface area contributed by atoms with Gasteiger partial charge in [0.2, 0.25) is 0 Å². The molecule has 2 aliphatic heterocycles. The second kappa shape index (κ2) is 6.24. The van der Waals surface area contributed by atoms with Crippen LogP contribution >= 0.6 is 23.2 Å². The van der Waals surface area contributed by atoms with Crippen molar-refractivity contribution in [1.82, 2.24) is 4.90 Å². The summed E-state index contributed by atoms with van der Waals surface area (Å²) in [5.74, 6) is -0.0164. The average Bonchev–Trinajstić information content (AvgIpc) is 2.52. The molecule has 2 saturated heterocycles. The number of aromatic hydroxyl groups is 1. The van der Waals surface area contributed by atoms with E-state index in [9.17, 15) is 9.90 Å². The molecule has 0 aromatic heterocycles. The molecule has 0 aliphatic carbocycles. The van der Waals surface area contributed by atoms with Crippen molar-refractivity contribution in [3.05, 3.63) is 27.7 Å². The van der Waals surface area contributed by atoms with Crippen molar-refractivity contribution < 1.29 is 19.7 Å². The molecule has 2 heterocycles. The third-order valence-corrected chi connectivity index (χ3v) is 5.27. The number of rotatable bonds is 2. The van der Waals surface area contributed by atoms with Gasteiger partial charge in [-0.25, -0.2) is 0 Å². The Balaban J connectivity index is 1.82. The SMILES string of the molecule is O=C1C(CO)OCC2CC(c3c(O)ccc(Cl)c3Cl)CCN12. The van der Waals surface area contributed by atoms with Crippen LogP contribution in [-0.4, -0.2) is 52.9 Å². The first-order chi connectivity index (χ1) is 10.5. The standard InChI is InChI=1S/C15H17Cl2NO4/c16-10-1-2-11(20)13(14(10)17)8-3-4-18-9(5-8)7-22-12(6-19)15(18)21/h1-2,8-9,12,19-20H,3-7H2. The van der Waals surface area contributed by atoms with Gasteiger partial charge in [-0.05, 0) is 30.9 Å². The average molecular weight is 346 g/mol. The van der Waals surface area contributed by atoms with Gasteiger partial charge in [-0.3, -0.25) is 4.79 Å². The number of hydrogen-bond acceptors (Lipinski definition) is 4. The minimum absolute atomic E-state index is 0.0227. The Kier molecular flexibility index (Phi) is 4.50. The maximum Gasteiger partial charge on any atom is 0.254 e. The Bertz CT molecular complexity index is 595. The van der Waals surface area contributed by atoms with E-state index in [4.69, 9.17) is 33.0 Å². The maximum atomic E-state index is 12.2. The molecule has 7 heteroatoms. The van der Waals surface area contributed by atoms with Gasteiger partial charge in [0.25, 0.3) is 5.91 Å². The van der Waals surface area contributed by atoms with E-state index >= 15 is 0 Å². The van der Waals surface area contributed by atoms with Crippen LogP contribution in [0.4, 0.5) is 0 Å². The molecular weight excluding hydrogens is 329 g/mol. The highest BCUT2D eigenvalue weighted by Crippen LogP contribution is 2.43. The number of halogens is 2. The summed E-state index contributed by atoms with van der Waals surface area (Å²) in [5.41, 5.74) is 0.644. The van der Waals surface area contributed by atoms with E-state index in [-0.39, 0.29) is 30.2 Å². The summed E-state index contributed by atoms with van der Waals surface area (Å²) in [6.45, 7) is 0.634. The van der Waals surface area contributed by atoms with Crippen LogP contribution in [0.15, 0.2) is 12.1 Å². The normalized spacial score (nSPS) is 28.6. The molecule has 2 N–H and O–H groups in total. The number of phenols is 1. The molecule has 0 saturated carbocycles. The van der Waals surface area contributed by atoms with Crippen LogP contribution in [0.3, 0.4) is 0 Å². The number of phenolic OH excluding ortho intramolecular Hbond substituents is 1. The van der Waals surface area contributed by atoms with Crippen LogP contribution in [0.5, 0.6) is 5.75 Å². The lowest BCUT2D eigenvalue weighted by molar-refractivity contribution is -0.165. The van der Waals surface area contributed by atoms with Crippen LogP contribution in [0.2, 0.25) is 10.0 Å². The van der Waals surface area contributed by atoms with Crippen molar-refractivity contribution in [2.75, 3.05) is 19.8 Å². The summed E-state index contributed by atoms with van der Waals surface area (Å²) in [5, 5.41) is 20.0. The van der Waals surface area contributed by atoms with Crippen molar-refractivity contribution in [1.29, 1.82) is 0 Å². The summed E-state index contributed by atoms with van der Waals surface area (Å²) in [7, 11) is 0. The molecule has 120 valence electrons. The number of carbonyl (C=O) groups is 1. The molecule has 3 atom stereocenters. The molecule has 2 aliphatic rings. The lowest BCUT2D eigenvalue weighted by Gasteiger charge is -2.44. The second-order valence-corrected chi connectivity index (χ2v) is 6.49. The van der Waals surface area contributed by atoms with Gasteiger partial charge in [0, 0.05) is 12.1 Å². The fraction of sp³-hybridized carbons (Fsp3) is 0.533. The first-order valence-electron chi connectivity index (χ1n) is 7.22. The molecule has 3 unspecified atom stereocenters. The number of morpholine rings is 1. The Morgan fingerprint density at radius 3 is 2.86 bits per heavy atom. The molecule has 22 heavy (non-hydrogen) atoms. The van der Waals surface area contributed by atoms with Gasteiger partial charge >= 0.3 is 0 Å². The zero-order valence-corrected chi connectivity index (χ0v) is 13.3. The highest BCUT2D eigenvalue weighted by Gasteiger charge is 2.40. The second-order valence-electron chi connectivity index (χ2n) is 5.71. The summed E-state index contributed by atoms with van der Waals surface area (Å²) in [6, 6.07) is 3.04. The van der Waals surface area contributed by atoms with E-state index in [0.29, 0.717) is 41.6 Å². The number of aliphatic hydroxyl groups is 1. The Labute approximate surface area is 138 Å². The van der Waals surface area contributed by atoms with Crippen LogP contribution < -0.4 is 0 Å². The van der Waals surface area contributed by atoms with Crippen molar-refractivity contribution in [2.24, 2.45) is 0 Å². The molecule has 1 aromatic rings. The number of aliphatic hydroxyl groups excluding tert-OH is 1. The number of amides is 1. The molecule has 2 fully saturated rings. The van der Waals surface area contributed by atoms with E-state index < -0.39 is 6.10 Å². The molecule has 1 aromatic carbocycles. The summed E-state index contributed by atoms with van der Waals surface area (Å²) < 4.78 is 5.41. The largest absolute Gasteiger partial charge is 0.508 e. The lowest BCUT2D eigenvalue weighted by Crippen LogP contribution is -2.57. The fourth-order valence-electron chi connectivity index (χ4n) is 3.32. The van der Waals surface area contributed by atoms with Crippen LogP contribution in [0.1, 0.15) is 24.3 Å². The number of fused-ring (bicyclic) bond motifs is 1. The maximum absolute atomic E-state index is 12.2. The van der Waals surface area contributed by atoms with E-state index in [0.717, 1.165) is 0 Å². The number of piperidine rings is 1. The van der Waals surface area contributed by atoms with Crippen LogP contribution in [0, 0.1) is 0 Å². The Morgan fingerprint density at radius 1 is 1.36 bits per heavy atom. The van der Waals surface area contributed by atoms with Crippen LogP contribution in [0.25, 0.3) is 0 Å². The predicted molar refractivity (Wildman–Crippen MR) is 82.4 cm³/mol. The molecule has 0 spiro atoms. The Hall–Kier alpha value is -1.01. The smallest absolute Gasteiger partial charge is 0.254 e. The molecule has 0 radical (unpaired) electrons. The van der Waals surface area contributed by atoms with Crippen molar-refractivity contribution in [3.8, 4) is 5.75 Å². The van der Waals surface area contributed by atoms with Gasteiger partial charge in [0.15, 0.2) is 6.10 Å². The monoisotopic (exact) mass is 345 g/mol. The van der Waals surface area contributed by atoms with E-state index in [1.807, 2.05) is 0 Å². The zero-order chi connectivity index (χ0) is 15.9. The van der Waals surface area contributed by atoms with Crippen molar-refractivity contribution in [2.45, 2.75) is 30.9 Å². The molecule has 5 nitrogen and oxygen atoms in total.